The van der Waals surface area contributed by atoms with E-state index < -0.39 is 0 Å². The van der Waals surface area contributed by atoms with Crippen molar-refractivity contribution in [1.29, 1.82) is 0 Å². The summed E-state index contributed by atoms with van der Waals surface area (Å²) in [6.45, 7) is 4.88. The van der Waals surface area contributed by atoms with E-state index in [1.807, 2.05) is 31.3 Å². The fraction of sp³-hybridized carbons (Fsp3) is 0.400. The van der Waals surface area contributed by atoms with Crippen LogP contribution in [0.25, 0.3) is 11.0 Å². The fourth-order valence-electron chi connectivity index (χ4n) is 4.89. The Bertz CT molecular complexity index is 978. The predicted octanol–water partition coefficient (Wildman–Crippen LogP) is 3.99. The maximum atomic E-state index is 13.8. The minimum absolute atomic E-state index is 0. The molecule has 5 rings (SSSR count). The van der Waals surface area contributed by atoms with Gasteiger partial charge in [-0.1, -0.05) is 12.1 Å². The van der Waals surface area contributed by atoms with Crippen LogP contribution in [-0.4, -0.2) is 46.5 Å². The minimum Gasteiger partial charge on any atom is -0.357 e. The summed E-state index contributed by atoms with van der Waals surface area (Å²) < 4.78 is 13.8. The molecule has 4 heterocycles. The van der Waals surface area contributed by atoms with Crippen LogP contribution in [0.4, 0.5) is 10.2 Å². The second-order valence-corrected chi connectivity index (χ2v) is 7.60. The van der Waals surface area contributed by atoms with Gasteiger partial charge in [-0.15, -0.1) is 24.8 Å². The minimum atomic E-state index is -0.159. The van der Waals surface area contributed by atoms with Crippen molar-refractivity contribution in [2.45, 2.75) is 13.0 Å². The number of nitrogens with one attached hydrogen (secondary N) is 1. The van der Waals surface area contributed by atoms with Crippen molar-refractivity contribution < 1.29 is 4.39 Å². The molecule has 2 fully saturated rings. The molecule has 2 aliphatic rings. The van der Waals surface area contributed by atoms with Gasteiger partial charge in [0.05, 0.1) is 5.52 Å². The van der Waals surface area contributed by atoms with Gasteiger partial charge in [0.25, 0.3) is 0 Å². The maximum Gasteiger partial charge on any atom is 0.156 e. The van der Waals surface area contributed by atoms with Gasteiger partial charge in [0.1, 0.15) is 17.2 Å². The van der Waals surface area contributed by atoms with Gasteiger partial charge in [0.2, 0.25) is 0 Å². The first kappa shape index (κ1) is 20.8. The Balaban J connectivity index is 0.00000112. The summed E-state index contributed by atoms with van der Waals surface area (Å²) in [5, 5.41) is 0. The summed E-state index contributed by atoms with van der Waals surface area (Å²) in [6, 6.07) is 9.31. The standard InChI is InChI=1S/C20H22FN5.2ClH/c1-12-23-17-6-7-22-18(17)20(24-12)26-10-14-9-25(2)19(16(14)11-26)13-4-3-5-15(21)8-13;;/h3-8,14,16,19,22H,9-11H2,1-2H3;2*1H/t14-,16+,19-;;/m0../s1. The first-order valence-electron chi connectivity index (χ1n) is 9.12. The van der Waals surface area contributed by atoms with Crippen molar-refractivity contribution >= 4 is 41.7 Å². The molecule has 1 aromatic carbocycles. The average Bonchev–Trinajstić information content (AvgIpc) is 3.27. The largest absolute Gasteiger partial charge is 0.357 e. The normalized spacial score (nSPS) is 24.1. The van der Waals surface area contributed by atoms with Crippen LogP contribution in [0.5, 0.6) is 0 Å². The number of aromatic amines is 1. The summed E-state index contributed by atoms with van der Waals surface area (Å²) in [7, 11) is 2.15. The number of rotatable bonds is 2. The van der Waals surface area contributed by atoms with Crippen LogP contribution < -0.4 is 4.90 Å². The van der Waals surface area contributed by atoms with Crippen LogP contribution >= 0.6 is 24.8 Å². The number of hydrogen-bond acceptors (Lipinski definition) is 4. The van der Waals surface area contributed by atoms with E-state index in [1.165, 1.54) is 6.07 Å². The molecular weight excluding hydrogens is 400 g/mol. The molecule has 2 aliphatic heterocycles. The number of halogens is 3. The molecule has 1 N–H and O–H groups in total. The topological polar surface area (TPSA) is 48.1 Å². The number of aromatic nitrogens is 3. The lowest BCUT2D eigenvalue weighted by Crippen LogP contribution is -2.29. The predicted molar refractivity (Wildman–Crippen MR) is 114 cm³/mol. The van der Waals surface area contributed by atoms with Crippen molar-refractivity contribution in [3.63, 3.8) is 0 Å². The highest BCUT2D eigenvalue weighted by atomic mass is 35.5. The third kappa shape index (κ3) is 3.34. The molecule has 0 bridgehead atoms. The van der Waals surface area contributed by atoms with Crippen LogP contribution in [0, 0.1) is 24.6 Å². The highest BCUT2D eigenvalue weighted by Gasteiger charge is 2.46. The van der Waals surface area contributed by atoms with Crippen molar-refractivity contribution in [2.24, 2.45) is 11.8 Å². The monoisotopic (exact) mass is 423 g/mol. The number of benzene rings is 1. The van der Waals surface area contributed by atoms with Gasteiger partial charge < -0.3 is 9.88 Å². The van der Waals surface area contributed by atoms with Gasteiger partial charge in [-0.05, 0) is 43.7 Å². The zero-order chi connectivity index (χ0) is 17.8. The van der Waals surface area contributed by atoms with Crippen molar-refractivity contribution in [3.8, 4) is 0 Å². The first-order valence-corrected chi connectivity index (χ1v) is 9.12. The average molecular weight is 424 g/mol. The van der Waals surface area contributed by atoms with E-state index in [1.54, 1.807) is 6.07 Å². The van der Waals surface area contributed by atoms with Gasteiger partial charge in [0.15, 0.2) is 5.82 Å². The number of aryl methyl sites for hydroxylation is 1. The van der Waals surface area contributed by atoms with Gasteiger partial charge in [0, 0.05) is 37.8 Å². The van der Waals surface area contributed by atoms with E-state index in [2.05, 4.69) is 26.8 Å². The lowest BCUT2D eigenvalue weighted by Gasteiger charge is -2.27. The number of fused-ring (bicyclic) bond motifs is 2. The highest BCUT2D eigenvalue weighted by molar-refractivity contribution is 5.86. The van der Waals surface area contributed by atoms with Gasteiger partial charge >= 0.3 is 0 Å². The Morgan fingerprint density at radius 3 is 2.71 bits per heavy atom. The van der Waals surface area contributed by atoms with Crippen molar-refractivity contribution in [3.05, 3.63) is 53.7 Å². The lowest BCUT2D eigenvalue weighted by molar-refractivity contribution is 0.279. The Kier molecular flexibility index (Phi) is 5.84. The molecule has 0 unspecified atom stereocenters. The van der Waals surface area contributed by atoms with E-state index in [9.17, 15) is 4.39 Å². The maximum absolute atomic E-state index is 13.8. The van der Waals surface area contributed by atoms with Crippen LogP contribution in [0.3, 0.4) is 0 Å². The summed E-state index contributed by atoms with van der Waals surface area (Å²) in [5.74, 6) is 2.67. The summed E-state index contributed by atoms with van der Waals surface area (Å²) in [4.78, 5) is 17.3. The molecule has 0 spiro atoms. The fourth-order valence-corrected chi connectivity index (χ4v) is 4.89. The quantitative estimate of drug-likeness (QED) is 0.676. The molecule has 2 saturated heterocycles. The zero-order valence-corrected chi connectivity index (χ0v) is 17.4. The second-order valence-electron chi connectivity index (χ2n) is 7.60. The molecule has 3 aromatic rings. The number of nitrogens with zero attached hydrogens (tertiary/aromatic N) is 4. The Hall–Kier alpha value is -1.89. The molecular formula is C20H24Cl2FN5. The number of H-pyrrole nitrogens is 1. The number of likely N-dealkylation sites (tertiary alicyclic amines) is 1. The molecule has 0 radical (unpaired) electrons. The number of hydrogen-bond donors (Lipinski definition) is 1. The molecule has 0 amide bonds. The smallest absolute Gasteiger partial charge is 0.156 e. The molecule has 0 saturated carbocycles. The SMILES string of the molecule is Cc1nc(N2C[C@@H]3CN(C)[C@@H](c4cccc(F)c4)[C@@H]3C2)c2[nH]ccc2n1.Cl.Cl. The van der Waals surface area contributed by atoms with Gasteiger partial charge in [-0.25, -0.2) is 14.4 Å². The van der Waals surface area contributed by atoms with Crippen LogP contribution in [0.2, 0.25) is 0 Å². The number of anilines is 1. The molecule has 5 nitrogen and oxygen atoms in total. The van der Waals surface area contributed by atoms with E-state index in [0.29, 0.717) is 11.8 Å². The lowest BCUT2D eigenvalue weighted by atomic mass is 9.89. The van der Waals surface area contributed by atoms with Crippen LogP contribution in [-0.2, 0) is 0 Å². The molecule has 150 valence electrons. The molecule has 28 heavy (non-hydrogen) atoms. The van der Waals surface area contributed by atoms with E-state index >= 15 is 0 Å². The molecule has 2 aromatic heterocycles. The summed E-state index contributed by atoms with van der Waals surface area (Å²) >= 11 is 0. The van der Waals surface area contributed by atoms with Crippen LogP contribution in [0.1, 0.15) is 17.4 Å². The highest BCUT2D eigenvalue weighted by Crippen LogP contribution is 2.45. The second kappa shape index (κ2) is 7.85. The Morgan fingerprint density at radius 2 is 1.93 bits per heavy atom. The summed E-state index contributed by atoms with van der Waals surface area (Å²) in [5.41, 5.74) is 3.04. The third-order valence-corrected chi connectivity index (χ3v) is 5.88. The van der Waals surface area contributed by atoms with E-state index in [-0.39, 0.29) is 36.7 Å². The molecule has 8 heteroatoms. The van der Waals surface area contributed by atoms with Crippen molar-refractivity contribution in [1.82, 2.24) is 19.9 Å². The zero-order valence-electron chi connectivity index (χ0n) is 15.8. The Morgan fingerprint density at radius 1 is 1.11 bits per heavy atom. The first-order chi connectivity index (χ1) is 12.6. The molecule has 0 aliphatic carbocycles. The molecule has 3 atom stereocenters. The van der Waals surface area contributed by atoms with Gasteiger partial charge in [-0.2, -0.15) is 0 Å². The van der Waals surface area contributed by atoms with Gasteiger partial charge in [-0.3, -0.25) is 4.90 Å². The third-order valence-electron chi connectivity index (χ3n) is 5.88. The van der Waals surface area contributed by atoms with Crippen molar-refractivity contribution in [2.75, 3.05) is 31.6 Å². The van der Waals surface area contributed by atoms with E-state index in [0.717, 1.165) is 47.9 Å². The van der Waals surface area contributed by atoms with E-state index in [4.69, 9.17) is 4.98 Å². The Labute approximate surface area is 176 Å². The summed E-state index contributed by atoms with van der Waals surface area (Å²) in [6.07, 6.45) is 1.92. The van der Waals surface area contributed by atoms with Crippen LogP contribution in [0.15, 0.2) is 36.5 Å².